The minimum atomic E-state index is -3.73. The number of nitrogens with one attached hydrogen (secondary N) is 2. The van der Waals surface area contributed by atoms with Crippen LogP contribution in [-0.4, -0.2) is 29.0 Å². The molecule has 52 heavy (non-hydrogen) atoms. The van der Waals surface area contributed by atoms with Gasteiger partial charge in [0.25, 0.3) is 10.0 Å². The van der Waals surface area contributed by atoms with Crippen molar-refractivity contribution in [1.82, 2.24) is 4.72 Å². The predicted octanol–water partition coefficient (Wildman–Crippen LogP) is 9.25. The summed E-state index contributed by atoms with van der Waals surface area (Å²) in [4.78, 5) is 10.6. The quantitative estimate of drug-likeness (QED) is 0.154. The third-order valence-electron chi connectivity index (χ3n) is 8.39. The Kier molecular flexibility index (Phi) is 17.8. The molecular formula is C42H61N3O5S2. The first kappa shape index (κ1) is 45.9. The second-order valence-corrected chi connectivity index (χ2v) is 17.9. The maximum atomic E-state index is 11.4. The van der Waals surface area contributed by atoms with Gasteiger partial charge in [0.2, 0.25) is 15.9 Å². The van der Waals surface area contributed by atoms with Gasteiger partial charge in [-0.15, -0.1) is 0 Å². The molecule has 0 radical (unpaired) electrons. The van der Waals surface area contributed by atoms with Crippen molar-refractivity contribution in [2.24, 2.45) is 0 Å². The molecule has 286 valence electrons. The molecule has 10 heteroatoms. The predicted molar refractivity (Wildman–Crippen MR) is 220 cm³/mol. The summed E-state index contributed by atoms with van der Waals surface area (Å²) in [5, 5.41) is 0. The van der Waals surface area contributed by atoms with Gasteiger partial charge in [-0.25, -0.2) is 21.6 Å². The van der Waals surface area contributed by atoms with E-state index in [4.69, 9.17) is 5.73 Å². The lowest BCUT2D eigenvalue weighted by molar-refractivity contribution is -0.117. The SMILES string of the molecule is CC(=O)NS(=O)(=O)c1ccc(N)cc1.CCC(C)(C)c1ccc(C)cc1.CCc1cccc(CC)c1NS(C)(=O)=O.Cc1ccc(C(C)(C)C)cc1. The number of hydrogen-bond donors (Lipinski definition) is 3. The Morgan fingerprint density at radius 1 is 0.673 bits per heavy atom. The number of para-hydroxylation sites is 1. The fourth-order valence-electron chi connectivity index (χ4n) is 4.72. The first-order chi connectivity index (χ1) is 23.9. The van der Waals surface area contributed by atoms with Crippen molar-refractivity contribution < 1.29 is 21.6 Å². The highest BCUT2D eigenvalue weighted by Gasteiger charge is 2.17. The lowest BCUT2D eigenvalue weighted by Crippen LogP contribution is -2.28. The van der Waals surface area contributed by atoms with Crippen molar-refractivity contribution >= 4 is 37.3 Å². The molecule has 0 saturated heterocycles. The molecule has 0 atom stereocenters. The van der Waals surface area contributed by atoms with E-state index in [1.165, 1.54) is 59.2 Å². The molecule has 0 bridgehead atoms. The van der Waals surface area contributed by atoms with Crippen molar-refractivity contribution in [2.75, 3.05) is 16.7 Å². The van der Waals surface area contributed by atoms with Gasteiger partial charge in [-0.2, -0.15) is 0 Å². The molecule has 0 saturated carbocycles. The van der Waals surface area contributed by atoms with E-state index in [0.29, 0.717) is 11.1 Å². The Bertz CT molecular complexity index is 1890. The Balaban J connectivity index is 0.000000349. The number of nitrogen functional groups attached to an aromatic ring is 1. The second-order valence-electron chi connectivity index (χ2n) is 14.5. The lowest BCUT2D eigenvalue weighted by Gasteiger charge is -2.23. The van der Waals surface area contributed by atoms with Crippen LogP contribution in [-0.2, 0) is 48.5 Å². The first-order valence-corrected chi connectivity index (χ1v) is 20.9. The summed E-state index contributed by atoms with van der Waals surface area (Å²) in [5.41, 5.74) is 14.8. The standard InChI is InChI=1S/C12H18.C11H17NO2S.C11H16.C8H10N2O3S/c1-5-12(3,4)11-8-6-10(2)7-9-11;1-4-9-7-6-8-10(5-2)11(9)12-15(3,13)14;1-9-5-7-10(8-6-9)11(2,3)4;1-6(11)10-14(12,13)8-4-2-7(9)3-5-8/h6-9H,5H2,1-4H3;6-8,12H,4-5H2,1-3H3;5-8H,1-4H3;2-5H,9H2,1H3,(H,10,11). The molecule has 4 aromatic rings. The minimum absolute atomic E-state index is 0.0156. The van der Waals surface area contributed by atoms with Crippen LogP contribution in [0.2, 0.25) is 0 Å². The number of amides is 1. The van der Waals surface area contributed by atoms with Gasteiger partial charge in [0.1, 0.15) is 0 Å². The van der Waals surface area contributed by atoms with E-state index in [0.717, 1.165) is 36.6 Å². The van der Waals surface area contributed by atoms with Gasteiger partial charge >= 0.3 is 0 Å². The fourth-order valence-corrected chi connectivity index (χ4v) is 6.34. The Morgan fingerprint density at radius 3 is 1.44 bits per heavy atom. The molecule has 0 unspecified atom stereocenters. The summed E-state index contributed by atoms with van der Waals surface area (Å²) >= 11 is 0. The van der Waals surface area contributed by atoms with E-state index in [1.807, 2.05) is 36.8 Å². The van der Waals surface area contributed by atoms with Gasteiger partial charge in [0.05, 0.1) is 16.8 Å². The van der Waals surface area contributed by atoms with E-state index in [9.17, 15) is 21.6 Å². The number of carbonyl (C=O) groups excluding carboxylic acids is 1. The largest absolute Gasteiger partial charge is 0.399 e. The molecule has 0 spiro atoms. The van der Waals surface area contributed by atoms with Crippen LogP contribution >= 0.6 is 0 Å². The van der Waals surface area contributed by atoms with Crippen molar-refractivity contribution in [2.45, 2.75) is 111 Å². The van der Waals surface area contributed by atoms with Gasteiger partial charge in [-0.3, -0.25) is 9.52 Å². The number of hydrogen-bond acceptors (Lipinski definition) is 6. The van der Waals surface area contributed by atoms with Crippen LogP contribution in [0.5, 0.6) is 0 Å². The summed E-state index contributed by atoms with van der Waals surface area (Å²) in [7, 11) is -6.92. The number of aryl methyl sites for hydroxylation is 4. The van der Waals surface area contributed by atoms with Gasteiger partial charge in [0.15, 0.2) is 0 Å². The van der Waals surface area contributed by atoms with Crippen molar-refractivity contribution in [3.8, 4) is 0 Å². The number of anilines is 2. The number of benzene rings is 4. The van der Waals surface area contributed by atoms with Gasteiger partial charge in [0, 0.05) is 12.6 Å². The number of sulfonamides is 2. The van der Waals surface area contributed by atoms with Crippen LogP contribution < -0.4 is 15.2 Å². The third kappa shape index (κ3) is 16.5. The first-order valence-electron chi connectivity index (χ1n) is 17.6. The highest BCUT2D eigenvalue weighted by molar-refractivity contribution is 7.92. The molecule has 0 aliphatic rings. The van der Waals surface area contributed by atoms with Crippen LogP contribution in [0.25, 0.3) is 0 Å². The van der Waals surface area contributed by atoms with Crippen molar-refractivity contribution in [3.63, 3.8) is 0 Å². The Hall–Kier alpha value is -4.15. The molecule has 4 N–H and O–H groups in total. The summed E-state index contributed by atoms with van der Waals surface area (Å²) in [5.74, 6) is -0.623. The molecule has 4 rings (SSSR count). The number of rotatable bonds is 8. The highest BCUT2D eigenvalue weighted by Crippen LogP contribution is 2.27. The summed E-state index contributed by atoms with van der Waals surface area (Å²) in [6.07, 6.45) is 4.02. The maximum absolute atomic E-state index is 11.4. The third-order valence-corrected chi connectivity index (χ3v) is 10.4. The average Bonchev–Trinajstić information content (AvgIpc) is 3.05. The van der Waals surface area contributed by atoms with E-state index in [-0.39, 0.29) is 10.3 Å². The Labute approximate surface area is 314 Å². The zero-order valence-electron chi connectivity index (χ0n) is 33.2. The van der Waals surface area contributed by atoms with Crippen LogP contribution in [0.4, 0.5) is 11.4 Å². The molecule has 0 aliphatic carbocycles. The molecule has 8 nitrogen and oxygen atoms in total. The van der Waals surface area contributed by atoms with Crippen LogP contribution in [0.1, 0.15) is 102 Å². The molecule has 0 aliphatic heterocycles. The van der Waals surface area contributed by atoms with E-state index in [1.54, 1.807) is 0 Å². The van der Waals surface area contributed by atoms with Crippen LogP contribution in [0, 0.1) is 13.8 Å². The van der Waals surface area contributed by atoms with E-state index >= 15 is 0 Å². The van der Waals surface area contributed by atoms with Gasteiger partial charge in [-0.1, -0.05) is 133 Å². The van der Waals surface area contributed by atoms with Crippen molar-refractivity contribution in [1.29, 1.82) is 0 Å². The smallest absolute Gasteiger partial charge is 0.264 e. The average molecular weight is 752 g/mol. The normalized spacial score (nSPS) is 11.4. The van der Waals surface area contributed by atoms with E-state index in [2.05, 4.69) is 109 Å². The maximum Gasteiger partial charge on any atom is 0.264 e. The zero-order valence-corrected chi connectivity index (χ0v) is 34.8. The summed E-state index contributed by atoms with van der Waals surface area (Å²) < 4.78 is 49.7. The summed E-state index contributed by atoms with van der Waals surface area (Å²) in [6.45, 7) is 22.9. The van der Waals surface area contributed by atoms with E-state index < -0.39 is 26.0 Å². The highest BCUT2D eigenvalue weighted by atomic mass is 32.2. The molecule has 1 amide bonds. The summed E-state index contributed by atoms with van der Waals surface area (Å²) in [6, 6.07) is 29.0. The Morgan fingerprint density at radius 2 is 1.10 bits per heavy atom. The van der Waals surface area contributed by atoms with Crippen LogP contribution in [0.15, 0.2) is 95.9 Å². The monoisotopic (exact) mass is 751 g/mol. The molecule has 4 aromatic carbocycles. The van der Waals surface area contributed by atoms with Gasteiger partial charge in [-0.05, 0) is 90.5 Å². The topological polar surface area (TPSA) is 135 Å². The minimum Gasteiger partial charge on any atom is -0.399 e. The van der Waals surface area contributed by atoms with Gasteiger partial charge < -0.3 is 5.73 Å². The zero-order chi connectivity index (χ0) is 39.9. The molecular weight excluding hydrogens is 691 g/mol. The lowest BCUT2D eigenvalue weighted by atomic mass is 9.82. The second kappa shape index (κ2) is 20.2. The molecule has 0 fully saturated rings. The molecule has 0 heterocycles. The van der Waals surface area contributed by atoms with Crippen LogP contribution in [0.3, 0.4) is 0 Å². The van der Waals surface area contributed by atoms with Crippen molar-refractivity contribution in [3.05, 3.63) is 124 Å². The fraction of sp³-hybridized carbons (Fsp3) is 0.405. The molecule has 0 aromatic heterocycles. The number of nitrogens with two attached hydrogens (primary N) is 1. The number of carbonyl (C=O) groups is 1.